The highest BCUT2D eigenvalue weighted by molar-refractivity contribution is 5.88. The summed E-state index contributed by atoms with van der Waals surface area (Å²) in [5.74, 6) is -0.429. The summed E-state index contributed by atoms with van der Waals surface area (Å²) < 4.78 is 1.65. The van der Waals surface area contributed by atoms with Crippen LogP contribution in [0.2, 0.25) is 0 Å². The number of tetrazole rings is 1. The maximum Gasteiger partial charge on any atom is 0.354 e. The Morgan fingerprint density at radius 3 is 2.39 bits per heavy atom. The van der Waals surface area contributed by atoms with E-state index in [0.717, 1.165) is 52.8 Å². The summed E-state index contributed by atoms with van der Waals surface area (Å²) in [7, 11) is 0. The first-order valence-electron chi connectivity index (χ1n) is 11.3. The fraction of sp³-hybridized carbons (Fsp3) is 0.320. The number of carboxylic acid groups (broad SMARTS) is 1. The Morgan fingerprint density at radius 2 is 1.76 bits per heavy atom. The summed E-state index contributed by atoms with van der Waals surface area (Å²) in [6.07, 6.45) is 3.21. The fourth-order valence-corrected chi connectivity index (χ4v) is 4.16. The number of carboxylic acids is 1. The predicted octanol–water partition coefficient (Wildman–Crippen LogP) is 4.94. The van der Waals surface area contributed by atoms with Crippen LogP contribution in [0, 0.1) is 0 Å². The third-order valence-corrected chi connectivity index (χ3v) is 5.74. The van der Waals surface area contributed by atoms with Crippen LogP contribution in [-0.4, -0.2) is 41.5 Å². The minimum atomic E-state index is -0.946. The molecule has 0 fully saturated rings. The van der Waals surface area contributed by atoms with Gasteiger partial charge in [-0.2, -0.15) is 10.3 Å². The molecule has 0 saturated heterocycles. The van der Waals surface area contributed by atoms with Crippen molar-refractivity contribution in [3.8, 4) is 22.5 Å². The third kappa shape index (κ3) is 4.55. The van der Waals surface area contributed by atoms with Gasteiger partial charge in [-0.3, -0.25) is 4.68 Å². The third-order valence-electron chi connectivity index (χ3n) is 5.74. The van der Waals surface area contributed by atoms with Crippen LogP contribution in [0.3, 0.4) is 0 Å². The normalized spacial score (nSPS) is 11.3. The van der Waals surface area contributed by atoms with Crippen molar-refractivity contribution in [3.05, 3.63) is 71.0 Å². The quantitative estimate of drug-likeness (QED) is 0.378. The minimum absolute atomic E-state index is 0.0422. The van der Waals surface area contributed by atoms with Gasteiger partial charge in [0.2, 0.25) is 5.82 Å². The van der Waals surface area contributed by atoms with Crippen LogP contribution >= 0.6 is 0 Å². The first-order chi connectivity index (χ1) is 16.0. The van der Waals surface area contributed by atoms with Gasteiger partial charge in [-0.1, -0.05) is 61.9 Å². The maximum absolute atomic E-state index is 12.3. The zero-order chi connectivity index (χ0) is 23.4. The van der Waals surface area contributed by atoms with Crippen molar-refractivity contribution < 1.29 is 9.90 Å². The molecule has 0 atom stereocenters. The van der Waals surface area contributed by atoms with Crippen molar-refractivity contribution in [1.82, 2.24) is 30.4 Å². The number of aryl methyl sites for hydroxylation is 1. The molecule has 2 heterocycles. The average molecular weight is 445 g/mol. The van der Waals surface area contributed by atoms with E-state index in [1.54, 1.807) is 4.68 Å². The van der Waals surface area contributed by atoms with Gasteiger partial charge >= 0.3 is 5.97 Å². The lowest BCUT2D eigenvalue weighted by atomic mass is 9.91. The molecule has 8 nitrogen and oxygen atoms in total. The van der Waals surface area contributed by atoms with E-state index in [9.17, 15) is 9.90 Å². The second kappa shape index (κ2) is 9.77. The summed E-state index contributed by atoms with van der Waals surface area (Å²) in [6, 6.07) is 15.9. The highest BCUT2D eigenvalue weighted by Crippen LogP contribution is 2.34. The number of aromatic carboxylic acids is 1. The number of aromatic nitrogens is 6. The topological polar surface area (TPSA) is 110 Å². The summed E-state index contributed by atoms with van der Waals surface area (Å²) in [4.78, 5) is 12.3. The smallest absolute Gasteiger partial charge is 0.354 e. The van der Waals surface area contributed by atoms with Crippen LogP contribution in [0.15, 0.2) is 48.5 Å². The number of unbranched alkanes of at least 4 members (excludes halogenated alkanes) is 1. The highest BCUT2D eigenvalue weighted by atomic mass is 16.4. The molecular weight excluding hydrogens is 416 g/mol. The molecule has 33 heavy (non-hydrogen) atoms. The Kier molecular flexibility index (Phi) is 6.63. The maximum atomic E-state index is 12.3. The van der Waals surface area contributed by atoms with Gasteiger partial charge in [0.1, 0.15) is 5.69 Å². The molecule has 4 aromatic rings. The van der Waals surface area contributed by atoms with E-state index in [-0.39, 0.29) is 11.7 Å². The first-order valence-corrected chi connectivity index (χ1v) is 11.3. The van der Waals surface area contributed by atoms with Crippen LogP contribution in [0.5, 0.6) is 0 Å². The number of H-pyrrole nitrogens is 1. The molecule has 0 amide bonds. The van der Waals surface area contributed by atoms with Gasteiger partial charge in [0, 0.05) is 23.6 Å². The van der Waals surface area contributed by atoms with E-state index in [0.29, 0.717) is 12.2 Å². The molecule has 170 valence electrons. The fourth-order valence-electron chi connectivity index (χ4n) is 4.16. The molecular formula is C25H28N6O2. The van der Waals surface area contributed by atoms with Crippen LogP contribution in [-0.2, 0) is 12.8 Å². The number of nitrogens with zero attached hydrogens (tertiary/aromatic N) is 5. The second-order valence-corrected chi connectivity index (χ2v) is 8.34. The Labute approximate surface area is 192 Å². The van der Waals surface area contributed by atoms with Crippen LogP contribution in [0.1, 0.15) is 67.0 Å². The van der Waals surface area contributed by atoms with Gasteiger partial charge in [0.25, 0.3) is 0 Å². The summed E-state index contributed by atoms with van der Waals surface area (Å²) >= 11 is 0. The molecule has 0 radical (unpaired) electrons. The van der Waals surface area contributed by atoms with E-state index in [1.807, 2.05) is 62.4 Å². The molecule has 2 N–H and O–H groups in total. The van der Waals surface area contributed by atoms with E-state index in [1.165, 1.54) is 0 Å². The van der Waals surface area contributed by atoms with Gasteiger partial charge in [-0.05, 0) is 48.6 Å². The molecule has 0 saturated carbocycles. The number of benzene rings is 2. The van der Waals surface area contributed by atoms with Crippen molar-refractivity contribution in [1.29, 1.82) is 0 Å². The summed E-state index contributed by atoms with van der Waals surface area (Å²) in [5.41, 5.74) is 5.79. The number of hydrogen-bond donors (Lipinski definition) is 2. The largest absolute Gasteiger partial charge is 0.477 e. The number of nitrogens with one attached hydrogen (secondary N) is 1. The zero-order valence-corrected chi connectivity index (χ0v) is 19.1. The molecule has 2 aromatic carbocycles. The standard InChI is InChI=1S/C25H28N6O2/c1-4-5-14-22-21(23(25(32)33)31(28-22)16(2)3)15-17-10-6-7-11-18(17)19-12-8-9-13-20(19)24-26-29-30-27-24/h6-13,16H,4-5,14-15H2,1-3H3,(H,32,33)(H,26,27,29,30). The Balaban J connectivity index is 1.84. The van der Waals surface area contributed by atoms with Gasteiger partial charge < -0.3 is 5.11 Å². The first kappa shape index (κ1) is 22.4. The molecule has 0 bridgehead atoms. The SMILES string of the molecule is CCCCc1nn(C(C)C)c(C(=O)O)c1Cc1ccccc1-c1ccccc1-c1nn[nH]n1. The van der Waals surface area contributed by atoms with Crippen molar-refractivity contribution in [3.63, 3.8) is 0 Å². The monoisotopic (exact) mass is 444 g/mol. The summed E-state index contributed by atoms with van der Waals surface area (Å²) in [5, 5.41) is 29.3. The molecule has 0 aliphatic rings. The number of hydrogen-bond acceptors (Lipinski definition) is 5. The Bertz CT molecular complexity index is 1240. The predicted molar refractivity (Wildman–Crippen MR) is 126 cm³/mol. The van der Waals surface area contributed by atoms with Crippen LogP contribution in [0.25, 0.3) is 22.5 Å². The average Bonchev–Trinajstić information content (AvgIpc) is 3.47. The van der Waals surface area contributed by atoms with Gasteiger partial charge in [-0.25, -0.2) is 4.79 Å². The number of rotatable bonds is 9. The van der Waals surface area contributed by atoms with E-state index in [4.69, 9.17) is 5.10 Å². The molecule has 0 aliphatic carbocycles. The lowest BCUT2D eigenvalue weighted by Gasteiger charge is -2.14. The number of carbonyl (C=O) groups is 1. The highest BCUT2D eigenvalue weighted by Gasteiger charge is 2.25. The van der Waals surface area contributed by atoms with Crippen molar-refractivity contribution in [2.45, 2.75) is 52.5 Å². The lowest BCUT2D eigenvalue weighted by molar-refractivity contribution is 0.0680. The van der Waals surface area contributed by atoms with E-state index < -0.39 is 5.97 Å². The Morgan fingerprint density at radius 1 is 1.06 bits per heavy atom. The van der Waals surface area contributed by atoms with E-state index in [2.05, 4.69) is 27.5 Å². The summed E-state index contributed by atoms with van der Waals surface area (Å²) in [6.45, 7) is 6.05. The molecule has 0 unspecified atom stereocenters. The van der Waals surface area contributed by atoms with Gasteiger partial charge in [-0.15, -0.1) is 10.2 Å². The minimum Gasteiger partial charge on any atom is -0.477 e. The zero-order valence-electron chi connectivity index (χ0n) is 19.1. The van der Waals surface area contributed by atoms with Crippen molar-refractivity contribution >= 4 is 5.97 Å². The molecule has 0 spiro atoms. The van der Waals surface area contributed by atoms with Crippen molar-refractivity contribution in [2.75, 3.05) is 0 Å². The molecule has 8 heteroatoms. The Hall–Kier alpha value is -3.81. The van der Waals surface area contributed by atoms with Gasteiger partial charge in [0.05, 0.1) is 5.69 Å². The second-order valence-electron chi connectivity index (χ2n) is 8.34. The van der Waals surface area contributed by atoms with Crippen LogP contribution in [0.4, 0.5) is 0 Å². The van der Waals surface area contributed by atoms with Crippen LogP contribution < -0.4 is 0 Å². The van der Waals surface area contributed by atoms with Crippen molar-refractivity contribution in [2.24, 2.45) is 0 Å². The molecule has 2 aromatic heterocycles. The molecule has 0 aliphatic heterocycles. The lowest BCUT2D eigenvalue weighted by Crippen LogP contribution is -2.13. The van der Waals surface area contributed by atoms with Gasteiger partial charge in [0.15, 0.2) is 0 Å². The number of aromatic amines is 1. The molecule has 4 rings (SSSR count). The van der Waals surface area contributed by atoms with E-state index >= 15 is 0 Å².